The monoisotopic (exact) mass is 290 g/mol. The van der Waals surface area contributed by atoms with Gasteiger partial charge in [-0.05, 0) is 44.3 Å². The fraction of sp³-hybridized carbons (Fsp3) is 0.154. The zero-order valence-corrected chi connectivity index (χ0v) is 12.0. The summed E-state index contributed by atoms with van der Waals surface area (Å²) in [7, 11) is -3.84. The van der Waals surface area contributed by atoms with Crippen molar-refractivity contribution in [3.63, 3.8) is 0 Å². The molecule has 1 heterocycles. The van der Waals surface area contributed by atoms with Gasteiger partial charge in [0.15, 0.2) is 0 Å². The van der Waals surface area contributed by atoms with Crippen molar-refractivity contribution < 1.29 is 8.42 Å². The van der Waals surface area contributed by atoms with Crippen molar-refractivity contribution in [2.24, 2.45) is 4.99 Å². The molecule has 20 heavy (non-hydrogen) atoms. The van der Waals surface area contributed by atoms with Gasteiger partial charge in [0.25, 0.3) is 10.0 Å². The van der Waals surface area contributed by atoms with E-state index in [2.05, 4.69) is 22.0 Å². The summed E-state index contributed by atoms with van der Waals surface area (Å²) in [5.41, 5.74) is 1.94. The molecule has 0 aliphatic carbocycles. The molecule has 0 saturated heterocycles. The number of nitrogens with zero attached hydrogens (tertiary/aromatic N) is 4. The molecule has 1 aromatic heterocycles. The van der Waals surface area contributed by atoms with Gasteiger partial charge in [-0.25, -0.2) is 0 Å². The van der Waals surface area contributed by atoms with Crippen LogP contribution in [0.3, 0.4) is 0 Å². The zero-order chi connectivity index (χ0) is 14.8. The number of allylic oxidation sites excluding steroid dienone is 2. The molecule has 0 aliphatic heterocycles. The Kier molecular flexibility index (Phi) is 3.80. The Morgan fingerprint density at radius 1 is 1.45 bits per heavy atom. The number of aryl methyl sites for hydroxylation is 1. The number of hydrogen-bond acceptors (Lipinski definition) is 5. The second-order valence-corrected chi connectivity index (χ2v) is 5.91. The van der Waals surface area contributed by atoms with E-state index in [1.54, 1.807) is 25.1 Å². The molecule has 0 bridgehead atoms. The van der Waals surface area contributed by atoms with Gasteiger partial charge in [-0.2, -0.15) is 8.42 Å². The van der Waals surface area contributed by atoms with E-state index < -0.39 is 10.0 Å². The Hall–Kier alpha value is -2.28. The van der Waals surface area contributed by atoms with Crippen molar-refractivity contribution in [2.75, 3.05) is 0 Å². The van der Waals surface area contributed by atoms with E-state index >= 15 is 0 Å². The fourth-order valence-corrected chi connectivity index (χ4v) is 3.00. The topological polar surface area (TPSA) is 77.2 Å². The number of hydrogen-bond donors (Lipinski definition) is 0. The molecular weight excluding hydrogens is 276 g/mol. The standard InChI is InChI=1S/C13H14N4O2S/c1-4-5-11(9-14-3)20(18,19)17-13-7-6-10(2)8-12(13)15-16-17/h4-9H,3H2,1-2H3/b5-4-,11-9+. The van der Waals surface area contributed by atoms with Crippen LogP contribution >= 0.6 is 0 Å². The smallest absolute Gasteiger partial charge is 0.271 e. The van der Waals surface area contributed by atoms with Crippen molar-refractivity contribution in [3.8, 4) is 0 Å². The number of fused-ring (bicyclic) bond motifs is 1. The summed E-state index contributed by atoms with van der Waals surface area (Å²) >= 11 is 0. The van der Waals surface area contributed by atoms with E-state index in [-0.39, 0.29) is 4.91 Å². The first-order chi connectivity index (χ1) is 9.50. The highest BCUT2D eigenvalue weighted by Gasteiger charge is 2.22. The lowest BCUT2D eigenvalue weighted by atomic mass is 10.2. The van der Waals surface area contributed by atoms with Crippen LogP contribution < -0.4 is 0 Å². The predicted molar refractivity (Wildman–Crippen MR) is 79.0 cm³/mol. The van der Waals surface area contributed by atoms with Gasteiger partial charge in [-0.3, -0.25) is 4.99 Å². The van der Waals surface area contributed by atoms with E-state index in [4.69, 9.17) is 0 Å². The lowest BCUT2D eigenvalue weighted by molar-refractivity contribution is 0.587. The van der Waals surface area contributed by atoms with Crippen molar-refractivity contribution in [2.45, 2.75) is 13.8 Å². The largest absolute Gasteiger partial charge is 0.286 e. The molecule has 6 nitrogen and oxygen atoms in total. The minimum atomic E-state index is -3.84. The van der Waals surface area contributed by atoms with Crippen molar-refractivity contribution in [1.29, 1.82) is 0 Å². The minimum absolute atomic E-state index is 0.00220. The molecule has 0 atom stereocenters. The molecule has 0 amide bonds. The highest BCUT2D eigenvalue weighted by Crippen LogP contribution is 2.19. The van der Waals surface area contributed by atoms with E-state index in [9.17, 15) is 8.42 Å². The van der Waals surface area contributed by atoms with Crippen LogP contribution in [-0.2, 0) is 10.0 Å². The Labute approximate surface area is 117 Å². The third-order valence-corrected chi connectivity index (χ3v) is 4.21. The Morgan fingerprint density at radius 3 is 2.85 bits per heavy atom. The van der Waals surface area contributed by atoms with Gasteiger partial charge >= 0.3 is 0 Å². The third kappa shape index (κ3) is 2.39. The van der Waals surface area contributed by atoms with Crippen LogP contribution in [0.5, 0.6) is 0 Å². The summed E-state index contributed by atoms with van der Waals surface area (Å²) in [6, 6.07) is 5.26. The quantitative estimate of drug-likeness (QED) is 0.637. The van der Waals surface area contributed by atoms with Gasteiger partial charge in [0.2, 0.25) is 0 Å². The van der Waals surface area contributed by atoms with Crippen LogP contribution in [0, 0.1) is 6.92 Å². The molecule has 0 fully saturated rings. The molecule has 7 heteroatoms. The van der Waals surface area contributed by atoms with Crippen molar-refractivity contribution >= 4 is 27.8 Å². The van der Waals surface area contributed by atoms with Gasteiger partial charge in [-0.15, -0.1) is 9.19 Å². The molecule has 0 aliphatic rings. The summed E-state index contributed by atoms with van der Waals surface area (Å²) < 4.78 is 26.0. The molecule has 0 saturated carbocycles. The maximum absolute atomic E-state index is 12.5. The van der Waals surface area contributed by atoms with Crippen molar-refractivity contribution in [3.05, 3.63) is 47.0 Å². The first kappa shape index (κ1) is 14.1. The highest BCUT2D eigenvalue weighted by molar-refractivity contribution is 7.94. The zero-order valence-electron chi connectivity index (χ0n) is 11.2. The first-order valence-electron chi connectivity index (χ1n) is 5.87. The van der Waals surface area contributed by atoms with Crippen molar-refractivity contribution in [1.82, 2.24) is 14.4 Å². The normalized spacial score (nSPS) is 13.2. The average Bonchev–Trinajstić information content (AvgIpc) is 2.82. The predicted octanol–water partition coefficient (Wildman–Crippen LogP) is 2.04. The molecule has 0 unspecified atom stereocenters. The maximum Gasteiger partial charge on any atom is 0.286 e. The van der Waals surface area contributed by atoms with Gasteiger partial charge < -0.3 is 0 Å². The SMILES string of the molecule is C=N/C=C(\C=C/C)S(=O)(=O)n1nnc2cc(C)ccc21. The second-order valence-electron chi connectivity index (χ2n) is 4.14. The van der Waals surface area contributed by atoms with Crippen LogP contribution in [-0.4, -0.2) is 29.5 Å². The van der Waals surface area contributed by atoms with Crippen LogP contribution in [0.25, 0.3) is 11.0 Å². The molecule has 0 N–H and O–H groups in total. The first-order valence-corrected chi connectivity index (χ1v) is 7.31. The summed E-state index contributed by atoms with van der Waals surface area (Å²) in [5.74, 6) is 0. The Morgan fingerprint density at radius 2 is 2.20 bits per heavy atom. The van der Waals surface area contributed by atoms with Crippen LogP contribution in [0.1, 0.15) is 12.5 Å². The van der Waals surface area contributed by atoms with Crippen LogP contribution in [0.15, 0.2) is 46.4 Å². The number of aromatic nitrogens is 3. The highest BCUT2D eigenvalue weighted by atomic mass is 32.2. The molecule has 104 valence electrons. The Balaban J connectivity index is 2.68. The van der Waals surface area contributed by atoms with Crippen LogP contribution in [0.2, 0.25) is 0 Å². The number of aliphatic imine (C=N–C) groups is 1. The number of benzene rings is 1. The molecule has 2 rings (SSSR count). The van der Waals surface area contributed by atoms with Gasteiger partial charge in [0, 0.05) is 6.20 Å². The van der Waals surface area contributed by atoms with Gasteiger partial charge in [-0.1, -0.05) is 17.4 Å². The van der Waals surface area contributed by atoms with E-state index in [1.807, 2.05) is 13.0 Å². The second kappa shape index (κ2) is 5.38. The molecule has 2 aromatic rings. The fourth-order valence-electron chi connectivity index (χ4n) is 1.74. The molecule has 0 radical (unpaired) electrons. The summed E-state index contributed by atoms with van der Waals surface area (Å²) in [6.45, 7) is 6.90. The minimum Gasteiger partial charge on any atom is -0.271 e. The lowest BCUT2D eigenvalue weighted by Gasteiger charge is -2.04. The number of rotatable bonds is 4. The van der Waals surface area contributed by atoms with E-state index in [0.717, 1.165) is 9.65 Å². The average molecular weight is 290 g/mol. The van der Waals surface area contributed by atoms with E-state index in [1.165, 1.54) is 12.3 Å². The molecular formula is C13H14N4O2S. The Bertz CT molecular complexity index is 816. The molecule has 0 spiro atoms. The summed E-state index contributed by atoms with van der Waals surface area (Å²) in [6.07, 6.45) is 4.22. The third-order valence-electron chi connectivity index (χ3n) is 2.65. The summed E-state index contributed by atoms with van der Waals surface area (Å²) in [5, 5.41) is 7.62. The van der Waals surface area contributed by atoms with Gasteiger partial charge in [0.1, 0.15) is 15.9 Å². The van der Waals surface area contributed by atoms with Crippen LogP contribution in [0.4, 0.5) is 0 Å². The molecule has 1 aromatic carbocycles. The lowest BCUT2D eigenvalue weighted by Crippen LogP contribution is -2.15. The van der Waals surface area contributed by atoms with E-state index in [0.29, 0.717) is 11.0 Å². The summed E-state index contributed by atoms with van der Waals surface area (Å²) in [4.78, 5) is 3.52. The van der Waals surface area contributed by atoms with Gasteiger partial charge in [0.05, 0.1) is 0 Å². The maximum atomic E-state index is 12.5.